The fourth-order valence-electron chi connectivity index (χ4n) is 2.25. The number of rotatable bonds is 3. The molecule has 1 aliphatic carbocycles. The minimum absolute atomic E-state index is 0.0159. The summed E-state index contributed by atoms with van der Waals surface area (Å²) < 4.78 is 0. The van der Waals surface area contributed by atoms with Crippen molar-refractivity contribution in [1.29, 1.82) is 0 Å². The van der Waals surface area contributed by atoms with Gasteiger partial charge in [-0.3, -0.25) is 9.89 Å². The largest absolute Gasteiger partial charge is 0.310 e. The molecule has 1 fully saturated rings. The van der Waals surface area contributed by atoms with E-state index in [0.717, 1.165) is 24.0 Å². The maximum Gasteiger partial charge on any atom is 0.236 e. The Labute approximate surface area is 116 Å². The van der Waals surface area contributed by atoms with Crippen LogP contribution in [0.2, 0.25) is 5.02 Å². The molecule has 0 radical (unpaired) electrons. The van der Waals surface area contributed by atoms with E-state index >= 15 is 0 Å². The number of anilines is 1. The second-order valence-electron chi connectivity index (χ2n) is 4.97. The Bertz CT molecular complexity index is 614. The van der Waals surface area contributed by atoms with Crippen LogP contribution in [0, 0.1) is 6.92 Å². The highest BCUT2D eigenvalue weighted by molar-refractivity contribution is 6.30. The van der Waals surface area contributed by atoms with E-state index in [-0.39, 0.29) is 5.91 Å². The van der Waals surface area contributed by atoms with E-state index in [2.05, 4.69) is 15.5 Å². The van der Waals surface area contributed by atoms with Crippen LogP contribution in [0.4, 0.5) is 5.82 Å². The molecule has 0 atom stereocenters. The van der Waals surface area contributed by atoms with Crippen molar-refractivity contribution in [3.8, 4) is 0 Å². The molecule has 0 aliphatic heterocycles. The standard InChI is InChI=1S/C14H14ClN3O/c1-9-8-16-18-12(9)17-13(19)14(6-7-14)10-2-4-11(15)5-3-10/h2-5,8H,6-7H2,1H3,(H2,16,17,18,19). The second kappa shape index (κ2) is 4.38. The third kappa shape index (κ3) is 2.12. The molecule has 19 heavy (non-hydrogen) atoms. The van der Waals surface area contributed by atoms with Crippen LogP contribution in [-0.2, 0) is 10.2 Å². The molecule has 1 heterocycles. The van der Waals surface area contributed by atoms with Crippen molar-refractivity contribution in [3.05, 3.63) is 46.6 Å². The van der Waals surface area contributed by atoms with Gasteiger partial charge in [0.15, 0.2) is 0 Å². The van der Waals surface area contributed by atoms with Crippen LogP contribution in [-0.4, -0.2) is 16.1 Å². The SMILES string of the molecule is Cc1cn[nH]c1NC(=O)C1(c2ccc(Cl)cc2)CC1. The summed E-state index contributed by atoms with van der Waals surface area (Å²) in [5.74, 6) is 0.687. The molecule has 2 aromatic rings. The molecule has 1 aromatic heterocycles. The number of H-pyrrole nitrogens is 1. The molecular formula is C14H14ClN3O. The summed E-state index contributed by atoms with van der Waals surface area (Å²) in [6, 6.07) is 7.50. The molecule has 1 aromatic carbocycles. The van der Waals surface area contributed by atoms with Gasteiger partial charge in [0.05, 0.1) is 11.6 Å². The van der Waals surface area contributed by atoms with Gasteiger partial charge in [-0.1, -0.05) is 23.7 Å². The van der Waals surface area contributed by atoms with Gasteiger partial charge in [-0.05, 0) is 37.5 Å². The number of carbonyl (C=O) groups excluding carboxylic acids is 1. The van der Waals surface area contributed by atoms with Crippen LogP contribution >= 0.6 is 11.6 Å². The van der Waals surface area contributed by atoms with E-state index in [1.54, 1.807) is 6.20 Å². The zero-order valence-corrected chi connectivity index (χ0v) is 11.3. The Hall–Kier alpha value is -1.81. The van der Waals surface area contributed by atoms with E-state index in [9.17, 15) is 4.79 Å². The van der Waals surface area contributed by atoms with Crippen LogP contribution in [0.1, 0.15) is 24.0 Å². The average molecular weight is 276 g/mol. The maximum absolute atomic E-state index is 12.4. The Morgan fingerprint density at radius 2 is 2.05 bits per heavy atom. The first-order chi connectivity index (χ1) is 9.12. The topological polar surface area (TPSA) is 57.8 Å². The monoisotopic (exact) mass is 275 g/mol. The zero-order chi connectivity index (χ0) is 13.5. The first-order valence-electron chi connectivity index (χ1n) is 6.19. The third-order valence-electron chi connectivity index (χ3n) is 3.65. The lowest BCUT2D eigenvalue weighted by Crippen LogP contribution is -2.28. The van der Waals surface area contributed by atoms with Gasteiger partial charge in [-0.25, -0.2) is 0 Å². The number of aromatic amines is 1. The van der Waals surface area contributed by atoms with Gasteiger partial charge in [0.2, 0.25) is 5.91 Å². The summed E-state index contributed by atoms with van der Waals surface area (Å²) in [6.07, 6.45) is 3.43. The van der Waals surface area contributed by atoms with E-state index in [1.165, 1.54) is 0 Å². The van der Waals surface area contributed by atoms with Crippen LogP contribution in [0.5, 0.6) is 0 Å². The number of benzene rings is 1. The smallest absolute Gasteiger partial charge is 0.236 e. The first kappa shape index (κ1) is 12.2. The van der Waals surface area contributed by atoms with Crippen LogP contribution in [0.15, 0.2) is 30.5 Å². The van der Waals surface area contributed by atoms with Crippen LogP contribution < -0.4 is 5.32 Å². The van der Waals surface area contributed by atoms with Crippen LogP contribution in [0.25, 0.3) is 0 Å². The lowest BCUT2D eigenvalue weighted by Gasteiger charge is -2.15. The summed E-state index contributed by atoms with van der Waals surface area (Å²) in [6.45, 7) is 1.90. The summed E-state index contributed by atoms with van der Waals surface area (Å²) in [7, 11) is 0. The van der Waals surface area contributed by atoms with Crippen LogP contribution in [0.3, 0.4) is 0 Å². The average Bonchev–Trinajstić information content (AvgIpc) is 3.11. The molecule has 4 nitrogen and oxygen atoms in total. The molecule has 0 unspecified atom stereocenters. The van der Waals surface area contributed by atoms with E-state index < -0.39 is 5.41 Å². The summed E-state index contributed by atoms with van der Waals surface area (Å²) >= 11 is 5.88. The van der Waals surface area contributed by atoms with E-state index in [4.69, 9.17) is 11.6 Å². The maximum atomic E-state index is 12.4. The van der Waals surface area contributed by atoms with Gasteiger partial charge < -0.3 is 5.32 Å². The van der Waals surface area contributed by atoms with Gasteiger partial charge in [0.25, 0.3) is 0 Å². The fraction of sp³-hybridized carbons (Fsp3) is 0.286. The van der Waals surface area contributed by atoms with Gasteiger partial charge in [0.1, 0.15) is 5.82 Å². The molecule has 2 N–H and O–H groups in total. The quantitative estimate of drug-likeness (QED) is 0.904. The summed E-state index contributed by atoms with van der Waals surface area (Å²) in [5.41, 5.74) is 1.55. The number of halogens is 1. The number of carbonyl (C=O) groups is 1. The lowest BCUT2D eigenvalue weighted by atomic mass is 9.95. The number of nitrogens with zero attached hydrogens (tertiary/aromatic N) is 1. The van der Waals surface area contributed by atoms with Crippen molar-refractivity contribution in [1.82, 2.24) is 10.2 Å². The Kier molecular flexibility index (Phi) is 2.82. The number of aryl methyl sites for hydroxylation is 1. The van der Waals surface area contributed by atoms with Gasteiger partial charge in [-0.15, -0.1) is 0 Å². The highest BCUT2D eigenvalue weighted by atomic mass is 35.5. The molecule has 98 valence electrons. The van der Waals surface area contributed by atoms with Crippen molar-refractivity contribution < 1.29 is 4.79 Å². The highest BCUT2D eigenvalue weighted by Crippen LogP contribution is 2.49. The third-order valence-corrected chi connectivity index (χ3v) is 3.90. The van der Waals surface area contributed by atoms with Crippen molar-refractivity contribution in [3.63, 3.8) is 0 Å². The molecule has 1 aliphatic rings. The molecule has 0 spiro atoms. The van der Waals surface area contributed by atoms with Crippen molar-refractivity contribution in [2.24, 2.45) is 0 Å². The highest BCUT2D eigenvalue weighted by Gasteiger charge is 2.51. The molecule has 0 bridgehead atoms. The Balaban J connectivity index is 1.83. The summed E-state index contributed by atoms with van der Waals surface area (Å²) in [5, 5.41) is 10.3. The van der Waals surface area contributed by atoms with Crippen molar-refractivity contribution in [2.45, 2.75) is 25.2 Å². The minimum Gasteiger partial charge on any atom is -0.310 e. The lowest BCUT2D eigenvalue weighted by molar-refractivity contribution is -0.118. The number of nitrogens with one attached hydrogen (secondary N) is 2. The Morgan fingerprint density at radius 1 is 1.37 bits per heavy atom. The molecule has 5 heteroatoms. The predicted molar refractivity (Wildman–Crippen MR) is 74.3 cm³/mol. The molecule has 1 amide bonds. The van der Waals surface area contributed by atoms with Crippen molar-refractivity contribution in [2.75, 3.05) is 5.32 Å². The van der Waals surface area contributed by atoms with E-state index in [0.29, 0.717) is 10.8 Å². The minimum atomic E-state index is -0.401. The second-order valence-corrected chi connectivity index (χ2v) is 5.41. The molecule has 0 saturated heterocycles. The fourth-order valence-corrected chi connectivity index (χ4v) is 2.37. The number of hydrogen-bond donors (Lipinski definition) is 2. The number of hydrogen-bond acceptors (Lipinski definition) is 2. The Morgan fingerprint density at radius 3 is 2.58 bits per heavy atom. The molecule has 3 rings (SSSR count). The molecule has 1 saturated carbocycles. The van der Waals surface area contributed by atoms with E-state index in [1.807, 2.05) is 31.2 Å². The summed E-state index contributed by atoms with van der Waals surface area (Å²) in [4.78, 5) is 12.4. The van der Waals surface area contributed by atoms with Gasteiger partial charge in [-0.2, -0.15) is 5.10 Å². The van der Waals surface area contributed by atoms with Gasteiger partial charge in [0, 0.05) is 10.6 Å². The number of amides is 1. The van der Waals surface area contributed by atoms with Crippen molar-refractivity contribution >= 4 is 23.3 Å². The first-order valence-corrected chi connectivity index (χ1v) is 6.57. The predicted octanol–water partition coefficient (Wildman–Crippen LogP) is 3.04. The number of aromatic nitrogens is 2. The zero-order valence-electron chi connectivity index (χ0n) is 10.5. The molecular weight excluding hydrogens is 262 g/mol. The normalized spacial score (nSPS) is 16.1. The van der Waals surface area contributed by atoms with Gasteiger partial charge >= 0.3 is 0 Å².